The molecule has 1 aliphatic carbocycles. The first-order chi connectivity index (χ1) is 9.81. The number of benzene rings is 1. The second kappa shape index (κ2) is 6.62. The Hall–Kier alpha value is -1.02. The maximum absolute atomic E-state index is 3.84. The van der Waals surface area contributed by atoms with Crippen LogP contribution >= 0.6 is 0 Å². The van der Waals surface area contributed by atoms with Crippen LogP contribution in [0, 0.1) is 12.8 Å². The zero-order chi connectivity index (χ0) is 13.8. The summed E-state index contributed by atoms with van der Waals surface area (Å²) < 4.78 is 0. The van der Waals surface area contributed by atoms with Crippen LogP contribution in [0.25, 0.3) is 0 Å². The fourth-order valence-corrected chi connectivity index (χ4v) is 3.75. The van der Waals surface area contributed by atoms with Gasteiger partial charge in [-0.15, -0.1) is 0 Å². The summed E-state index contributed by atoms with van der Waals surface area (Å²) in [5.41, 5.74) is 2.76. The van der Waals surface area contributed by atoms with Crippen molar-refractivity contribution in [3.05, 3.63) is 29.8 Å². The quantitative estimate of drug-likeness (QED) is 0.898. The summed E-state index contributed by atoms with van der Waals surface area (Å²) in [4.78, 5) is 2.56. The van der Waals surface area contributed by atoms with Crippen LogP contribution in [0.1, 0.15) is 44.1 Å². The highest BCUT2D eigenvalue weighted by atomic mass is 15.2. The number of nitrogens with zero attached hydrogens (tertiary/aromatic N) is 1. The van der Waals surface area contributed by atoms with Crippen molar-refractivity contribution in [2.24, 2.45) is 5.92 Å². The van der Waals surface area contributed by atoms with Crippen LogP contribution in [0.4, 0.5) is 5.69 Å². The van der Waals surface area contributed by atoms with E-state index in [0.717, 1.165) is 5.92 Å². The molecule has 20 heavy (non-hydrogen) atoms. The summed E-state index contributed by atoms with van der Waals surface area (Å²) in [6, 6.07) is 9.62. The highest BCUT2D eigenvalue weighted by Gasteiger charge is 2.22. The van der Waals surface area contributed by atoms with Crippen LogP contribution in [0.3, 0.4) is 0 Å². The maximum Gasteiger partial charge on any atom is 0.0369 e. The van der Waals surface area contributed by atoms with Gasteiger partial charge in [0.05, 0.1) is 0 Å². The Balaban J connectivity index is 1.53. The maximum atomic E-state index is 3.84. The molecule has 1 aliphatic heterocycles. The first kappa shape index (κ1) is 13.9. The summed E-state index contributed by atoms with van der Waals surface area (Å²) in [6.45, 7) is 5.82. The number of piperidine rings is 1. The number of hydrogen-bond acceptors (Lipinski definition) is 2. The van der Waals surface area contributed by atoms with E-state index in [2.05, 4.69) is 41.4 Å². The molecule has 2 fully saturated rings. The highest BCUT2D eigenvalue weighted by molar-refractivity contribution is 5.48. The molecule has 1 heterocycles. The minimum atomic E-state index is 0.685. The van der Waals surface area contributed by atoms with Crippen LogP contribution in [0.2, 0.25) is 0 Å². The number of nitrogens with one attached hydrogen (secondary N) is 1. The molecule has 3 rings (SSSR count). The van der Waals surface area contributed by atoms with Gasteiger partial charge in [-0.1, -0.05) is 25.0 Å². The van der Waals surface area contributed by atoms with Crippen molar-refractivity contribution in [1.82, 2.24) is 5.32 Å². The van der Waals surface area contributed by atoms with Crippen molar-refractivity contribution in [2.45, 2.75) is 51.5 Å². The molecule has 0 aromatic heterocycles. The Morgan fingerprint density at radius 3 is 2.80 bits per heavy atom. The molecule has 0 radical (unpaired) electrons. The van der Waals surface area contributed by atoms with Crippen molar-refractivity contribution in [2.75, 3.05) is 24.5 Å². The third-order valence-electron chi connectivity index (χ3n) is 4.96. The van der Waals surface area contributed by atoms with Crippen LogP contribution in [0.5, 0.6) is 0 Å². The minimum Gasteiger partial charge on any atom is -0.370 e. The summed E-state index contributed by atoms with van der Waals surface area (Å²) in [7, 11) is 0. The molecule has 2 nitrogen and oxygen atoms in total. The number of anilines is 1. The Morgan fingerprint density at radius 2 is 2.00 bits per heavy atom. The number of aryl methyl sites for hydroxylation is 1. The van der Waals surface area contributed by atoms with Crippen molar-refractivity contribution in [3.63, 3.8) is 0 Å². The predicted octanol–water partition coefficient (Wildman–Crippen LogP) is 3.74. The Bertz CT molecular complexity index is 423. The second-order valence-corrected chi connectivity index (χ2v) is 6.68. The molecule has 2 aliphatic rings. The van der Waals surface area contributed by atoms with Crippen LogP contribution in [-0.4, -0.2) is 25.7 Å². The molecular formula is C18H28N2. The Labute approximate surface area is 123 Å². The molecule has 0 bridgehead atoms. The normalized spacial score (nSPS) is 24.2. The minimum absolute atomic E-state index is 0.685. The lowest BCUT2D eigenvalue weighted by Crippen LogP contribution is -2.46. The van der Waals surface area contributed by atoms with Gasteiger partial charge in [0.15, 0.2) is 0 Å². The van der Waals surface area contributed by atoms with Gasteiger partial charge in [-0.25, -0.2) is 0 Å². The topological polar surface area (TPSA) is 15.3 Å². The molecule has 1 aromatic carbocycles. The van der Waals surface area contributed by atoms with E-state index in [-0.39, 0.29) is 0 Å². The molecule has 1 atom stereocenters. The van der Waals surface area contributed by atoms with Gasteiger partial charge in [0, 0.05) is 24.8 Å². The smallest absolute Gasteiger partial charge is 0.0369 e. The predicted molar refractivity (Wildman–Crippen MR) is 86.4 cm³/mol. The molecule has 1 saturated heterocycles. The van der Waals surface area contributed by atoms with Gasteiger partial charge in [0.25, 0.3) is 0 Å². The van der Waals surface area contributed by atoms with Crippen LogP contribution < -0.4 is 10.2 Å². The zero-order valence-corrected chi connectivity index (χ0v) is 12.8. The van der Waals surface area contributed by atoms with Gasteiger partial charge < -0.3 is 10.2 Å². The van der Waals surface area contributed by atoms with Gasteiger partial charge >= 0.3 is 0 Å². The molecule has 1 N–H and O–H groups in total. The second-order valence-electron chi connectivity index (χ2n) is 6.68. The summed E-state index contributed by atoms with van der Waals surface area (Å²) in [5, 5.41) is 3.84. The fourth-order valence-electron chi connectivity index (χ4n) is 3.75. The molecule has 0 spiro atoms. The Morgan fingerprint density at radius 1 is 1.15 bits per heavy atom. The van der Waals surface area contributed by atoms with E-state index in [9.17, 15) is 0 Å². The fraction of sp³-hybridized carbons (Fsp3) is 0.667. The monoisotopic (exact) mass is 272 g/mol. The van der Waals surface area contributed by atoms with Crippen molar-refractivity contribution < 1.29 is 0 Å². The molecule has 2 heteroatoms. The average Bonchev–Trinajstić information content (AvgIpc) is 2.99. The van der Waals surface area contributed by atoms with Gasteiger partial charge in [-0.05, 0) is 62.8 Å². The lowest BCUT2D eigenvalue weighted by molar-refractivity contribution is 0.383. The molecular weight excluding hydrogens is 244 g/mol. The molecule has 110 valence electrons. The average molecular weight is 272 g/mol. The number of rotatable bonds is 4. The third kappa shape index (κ3) is 3.54. The number of hydrogen-bond donors (Lipinski definition) is 1. The van der Waals surface area contributed by atoms with Crippen molar-refractivity contribution in [1.29, 1.82) is 0 Å². The zero-order valence-electron chi connectivity index (χ0n) is 12.8. The van der Waals surface area contributed by atoms with Crippen LogP contribution in [-0.2, 0) is 0 Å². The Kier molecular flexibility index (Phi) is 4.62. The standard InChI is InChI=1S/C18H28N2/c1-15-6-4-10-18(12-15)20-11-5-9-17(14-20)19-13-16-7-2-3-8-16/h4,6,10,12,16-17,19H,2-3,5,7-9,11,13-14H2,1H3. The molecule has 1 unspecified atom stereocenters. The van der Waals surface area contributed by atoms with Crippen LogP contribution in [0.15, 0.2) is 24.3 Å². The van der Waals surface area contributed by atoms with E-state index in [4.69, 9.17) is 0 Å². The van der Waals surface area contributed by atoms with E-state index in [1.807, 2.05) is 0 Å². The van der Waals surface area contributed by atoms with Gasteiger partial charge in [-0.2, -0.15) is 0 Å². The van der Waals surface area contributed by atoms with Gasteiger partial charge in [-0.3, -0.25) is 0 Å². The highest BCUT2D eigenvalue weighted by Crippen LogP contribution is 2.25. The largest absolute Gasteiger partial charge is 0.370 e. The van der Waals surface area contributed by atoms with E-state index >= 15 is 0 Å². The van der Waals surface area contributed by atoms with E-state index in [1.165, 1.54) is 69.4 Å². The van der Waals surface area contributed by atoms with E-state index in [0.29, 0.717) is 6.04 Å². The lowest BCUT2D eigenvalue weighted by Gasteiger charge is -2.35. The first-order valence-corrected chi connectivity index (χ1v) is 8.36. The van der Waals surface area contributed by atoms with E-state index in [1.54, 1.807) is 0 Å². The third-order valence-corrected chi connectivity index (χ3v) is 4.96. The summed E-state index contributed by atoms with van der Waals surface area (Å²) in [5.74, 6) is 0.948. The lowest BCUT2D eigenvalue weighted by atomic mass is 10.0. The van der Waals surface area contributed by atoms with Crippen molar-refractivity contribution in [3.8, 4) is 0 Å². The first-order valence-electron chi connectivity index (χ1n) is 8.36. The molecule has 1 saturated carbocycles. The SMILES string of the molecule is Cc1cccc(N2CCCC(NCC3CCCC3)C2)c1. The van der Waals surface area contributed by atoms with E-state index < -0.39 is 0 Å². The summed E-state index contributed by atoms with van der Waals surface area (Å²) >= 11 is 0. The van der Waals surface area contributed by atoms with Gasteiger partial charge in [0.2, 0.25) is 0 Å². The molecule has 0 amide bonds. The molecule has 1 aromatic rings. The van der Waals surface area contributed by atoms with Crippen molar-refractivity contribution >= 4 is 5.69 Å². The summed E-state index contributed by atoms with van der Waals surface area (Å²) in [6.07, 6.45) is 8.45. The van der Waals surface area contributed by atoms with Gasteiger partial charge in [0.1, 0.15) is 0 Å².